The van der Waals surface area contributed by atoms with Crippen molar-refractivity contribution in [2.75, 3.05) is 0 Å². The molecule has 0 unspecified atom stereocenters. The number of benzene rings is 1. The molecule has 0 fully saturated rings. The second-order valence-corrected chi connectivity index (χ2v) is 2.42. The summed E-state index contributed by atoms with van der Waals surface area (Å²) < 4.78 is 0. The molecule has 12 heavy (non-hydrogen) atoms. The number of rotatable bonds is 2. The Morgan fingerprint density at radius 3 is 2.00 bits per heavy atom. The quantitative estimate of drug-likeness (QED) is 0.688. The van der Waals surface area contributed by atoms with Crippen molar-refractivity contribution in [3.05, 3.63) is 29.8 Å². The first-order valence-electron chi connectivity index (χ1n) is 3.61. The van der Waals surface area contributed by atoms with Crippen LogP contribution < -0.4 is 0 Å². The Morgan fingerprint density at radius 2 is 1.58 bits per heavy atom. The van der Waals surface area contributed by atoms with Gasteiger partial charge in [0.15, 0.2) is 0 Å². The molecule has 2 radical (unpaired) electrons. The fourth-order valence-corrected chi connectivity index (χ4v) is 0.951. The number of phenolic OH excluding ortho intramolecular Hbond substituents is 1. The van der Waals surface area contributed by atoms with Gasteiger partial charge in [-0.3, -0.25) is 0 Å². The zero-order chi connectivity index (χ0) is 7.40. The predicted molar refractivity (Wildman–Crippen MR) is 53.6 cm³/mol. The van der Waals surface area contributed by atoms with Gasteiger partial charge in [-0.05, 0) is 24.1 Å². The SMILES string of the molecule is CCCc1ccc(O)cc1.[Na].[Na]. The molecule has 0 spiro atoms. The molecular formula is C9H12Na2O. The minimum atomic E-state index is 0. The predicted octanol–water partition coefficient (Wildman–Crippen LogP) is 1.58. The molecule has 1 rings (SSSR count). The van der Waals surface area contributed by atoms with Crippen molar-refractivity contribution >= 4 is 59.1 Å². The van der Waals surface area contributed by atoms with E-state index in [4.69, 9.17) is 5.11 Å². The Morgan fingerprint density at radius 1 is 1.08 bits per heavy atom. The van der Waals surface area contributed by atoms with Gasteiger partial charge >= 0.3 is 0 Å². The van der Waals surface area contributed by atoms with Gasteiger partial charge in [0.25, 0.3) is 0 Å². The average molecular weight is 182 g/mol. The first-order valence-corrected chi connectivity index (χ1v) is 3.61. The van der Waals surface area contributed by atoms with Gasteiger partial charge in [0.1, 0.15) is 5.75 Å². The van der Waals surface area contributed by atoms with E-state index in [-0.39, 0.29) is 59.1 Å². The minimum Gasteiger partial charge on any atom is -0.508 e. The fourth-order valence-electron chi connectivity index (χ4n) is 0.951. The maximum atomic E-state index is 8.92. The molecule has 1 aromatic carbocycles. The van der Waals surface area contributed by atoms with Crippen molar-refractivity contribution in [3.63, 3.8) is 0 Å². The zero-order valence-electron chi connectivity index (χ0n) is 8.17. The summed E-state index contributed by atoms with van der Waals surface area (Å²) >= 11 is 0. The first-order chi connectivity index (χ1) is 4.83. The van der Waals surface area contributed by atoms with E-state index in [9.17, 15) is 0 Å². The number of hydrogen-bond donors (Lipinski definition) is 1. The normalized spacial score (nSPS) is 8.08. The molecule has 0 atom stereocenters. The van der Waals surface area contributed by atoms with Crippen LogP contribution in [0.5, 0.6) is 5.75 Å². The molecule has 0 heterocycles. The van der Waals surface area contributed by atoms with Gasteiger partial charge in [-0.1, -0.05) is 25.5 Å². The molecule has 1 nitrogen and oxygen atoms in total. The monoisotopic (exact) mass is 182 g/mol. The second kappa shape index (κ2) is 8.61. The van der Waals surface area contributed by atoms with Crippen molar-refractivity contribution in [3.8, 4) is 5.75 Å². The number of hydrogen-bond acceptors (Lipinski definition) is 1. The Kier molecular flexibility index (Phi) is 11.1. The van der Waals surface area contributed by atoms with Crippen LogP contribution in [0.15, 0.2) is 24.3 Å². The van der Waals surface area contributed by atoms with Crippen molar-refractivity contribution in [2.24, 2.45) is 0 Å². The fraction of sp³-hybridized carbons (Fsp3) is 0.333. The van der Waals surface area contributed by atoms with Crippen LogP contribution in [0.2, 0.25) is 0 Å². The smallest absolute Gasteiger partial charge is 0.115 e. The average Bonchev–Trinajstić information content (AvgIpc) is 1.95. The van der Waals surface area contributed by atoms with Crippen LogP contribution >= 0.6 is 0 Å². The van der Waals surface area contributed by atoms with E-state index < -0.39 is 0 Å². The van der Waals surface area contributed by atoms with E-state index in [1.165, 1.54) is 5.56 Å². The topological polar surface area (TPSA) is 20.2 Å². The van der Waals surface area contributed by atoms with Gasteiger partial charge < -0.3 is 5.11 Å². The summed E-state index contributed by atoms with van der Waals surface area (Å²) in [5, 5.41) is 8.92. The molecule has 1 N–H and O–H groups in total. The van der Waals surface area contributed by atoms with Crippen LogP contribution in [0.3, 0.4) is 0 Å². The molecule has 0 saturated carbocycles. The summed E-state index contributed by atoms with van der Waals surface area (Å²) in [4.78, 5) is 0. The number of phenols is 1. The van der Waals surface area contributed by atoms with Gasteiger partial charge in [0, 0.05) is 59.1 Å². The molecule has 0 bridgehead atoms. The van der Waals surface area contributed by atoms with Crippen LogP contribution in [0.25, 0.3) is 0 Å². The van der Waals surface area contributed by atoms with E-state index in [0.717, 1.165) is 12.8 Å². The molecule has 0 saturated heterocycles. The van der Waals surface area contributed by atoms with Crippen molar-refractivity contribution < 1.29 is 5.11 Å². The number of aromatic hydroxyl groups is 1. The van der Waals surface area contributed by atoms with Crippen LogP contribution in [-0.4, -0.2) is 64.2 Å². The van der Waals surface area contributed by atoms with Crippen LogP contribution in [-0.2, 0) is 6.42 Å². The summed E-state index contributed by atoms with van der Waals surface area (Å²) in [5.41, 5.74) is 1.29. The summed E-state index contributed by atoms with van der Waals surface area (Å²) in [5.74, 6) is 0.347. The molecule has 3 heteroatoms. The zero-order valence-corrected chi connectivity index (χ0v) is 12.2. The van der Waals surface area contributed by atoms with Gasteiger partial charge in [-0.15, -0.1) is 0 Å². The summed E-state index contributed by atoms with van der Waals surface area (Å²) in [6.07, 6.45) is 2.26. The molecule has 0 aliphatic carbocycles. The largest absolute Gasteiger partial charge is 0.508 e. The molecule has 0 aromatic heterocycles. The van der Waals surface area contributed by atoms with Crippen LogP contribution in [0, 0.1) is 0 Å². The van der Waals surface area contributed by atoms with E-state index in [2.05, 4.69) is 6.92 Å². The Balaban J connectivity index is 0. The molecule has 0 amide bonds. The third-order valence-electron chi connectivity index (χ3n) is 1.48. The summed E-state index contributed by atoms with van der Waals surface area (Å²) in [7, 11) is 0. The molecular weight excluding hydrogens is 170 g/mol. The second-order valence-electron chi connectivity index (χ2n) is 2.42. The Bertz CT molecular complexity index is 196. The number of aryl methyl sites for hydroxylation is 1. The van der Waals surface area contributed by atoms with E-state index in [1.807, 2.05) is 12.1 Å². The van der Waals surface area contributed by atoms with E-state index in [0.29, 0.717) is 5.75 Å². The molecule has 0 aliphatic rings. The summed E-state index contributed by atoms with van der Waals surface area (Å²) in [6, 6.07) is 7.37. The third kappa shape index (κ3) is 5.63. The Labute approximate surface area is 118 Å². The van der Waals surface area contributed by atoms with Gasteiger partial charge in [0.05, 0.1) is 0 Å². The van der Waals surface area contributed by atoms with E-state index in [1.54, 1.807) is 12.1 Å². The first kappa shape index (κ1) is 15.5. The Hall–Kier alpha value is 1.02. The van der Waals surface area contributed by atoms with E-state index >= 15 is 0 Å². The van der Waals surface area contributed by atoms with Crippen LogP contribution in [0.1, 0.15) is 18.9 Å². The molecule has 1 aromatic rings. The van der Waals surface area contributed by atoms with Gasteiger partial charge in [0.2, 0.25) is 0 Å². The standard InChI is InChI=1S/C9H12O.2Na/c1-2-3-8-4-6-9(10)7-5-8;;/h4-7,10H,2-3H2,1H3;;. The maximum Gasteiger partial charge on any atom is 0.115 e. The van der Waals surface area contributed by atoms with Crippen molar-refractivity contribution in [2.45, 2.75) is 19.8 Å². The maximum absolute atomic E-state index is 8.92. The molecule has 56 valence electrons. The minimum absolute atomic E-state index is 0. The van der Waals surface area contributed by atoms with Gasteiger partial charge in [-0.25, -0.2) is 0 Å². The summed E-state index contributed by atoms with van der Waals surface area (Å²) in [6.45, 7) is 2.15. The van der Waals surface area contributed by atoms with Crippen molar-refractivity contribution in [1.82, 2.24) is 0 Å². The third-order valence-corrected chi connectivity index (χ3v) is 1.48. The van der Waals surface area contributed by atoms with Crippen molar-refractivity contribution in [1.29, 1.82) is 0 Å². The van der Waals surface area contributed by atoms with Crippen LogP contribution in [0.4, 0.5) is 0 Å². The molecule has 0 aliphatic heterocycles. The van der Waals surface area contributed by atoms with Gasteiger partial charge in [-0.2, -0.15) is 0 Å².